The van der Waals surface area contributed by atoms with Gasteiger partial charge in [0.25, 0.3) is 0 Å². The Morgan fingerprint density at radius 3 is 2.16 bits per heavy atom. The number of alkyl halides is 6. The van der Waals surface area contributed by atoms with E-state index in [-0.39, 0.29) is 10.7 Å². The van der Waals surface area contributed by atoms with Crippen LogP contribution in [0.1, 0.15) is 11.5 Å². The van der Waals surface area contributed by atoms with Gasteiger partial charge in [0.05, 0.1) is 16.1 Å². The molecule has 0 amide bonds. The Morgan fingerprint density at radius 1 is 0.960 bits per heavy atom. The van der Waals surface area contributed by atoms with Crippen LogP contribution in [0.2, 0.25) is 5.02 Å². The minimum atomic E-state index is -5.19. The van der Waals surface area contributed by atoms with Gasteiger partial charge in [-0.2, -0.15) is 26.3 Å². The molecule has 0 atom stereocenters. The quantitative estimate of drug-likeness (QED) is 0.645. The van der Waals surface area contributed by atoms with Crippen molar-refractivity contribution in [2.45, 2.75) is 12.4 Å². The van der Waals surface area contributed by atoms with Crippen molar-refractivity contribution in [2.24, 2.45) is 0 Å². The Morgan fingerprint density at radius 2 is 1.60 bits per heavy atom. The second-order valence-corrected chi connectivity index (χ2v) is 5.25. The van der Waals surface area contributed by atoms with Gasteiger partial charge in [0, 0.05) is 0 Å². The summed E-state index contributed by atoms with van der Waals surface area (Å²) >= 11 is 5.94. The van der Waals surface area contributed by atoms with Crippen molar-refractivity contribution < 1.29 is 26.3 Å². The van der Waals surface area contributed by atoms with Gasteiger partial charge < -0.3 is 5.73 Å². The molecule has 0 aliphatic heterocycles. The summed E-state index contributed by atoms with van der Waals surface area (Å²) < 4.78 is 78.7. The van der Waals surface area contributed by atoms with E-state index in [1.807, 2.05) is 0 Å². The second kappa shape index (κ2) is 5.48. The minimum Gasteiger partial charge on any atom is -0.383 e. The van der Waals surface area contributed by atoms with Crippen LogP contribution in [0.5, 0.6) is 0 Å². The molecule has 0 radical (unpaired) electrons. The number of nitrogen functional groups attached to an aromatic ring is 1. The number of hydrogen-bond donors (Lipinski definition) is 1. The molecular weight excluding hydrogens is 376 g/mol. The predicted molar refractivity (Wildman–Crippen MR) is 76.1 cm³/mol. The van der Waals surface area contributed by atoms with Crippen LogP contribution in [0.25, 0.3) is 16.7 Å². The Balaban J connectivity index is 2.39. The molecule has 0 aliphatic rings. The molecule has 3 aromatic rings. The van der Waals surface area contributed by atoms with Gasteiger partial charge in [-0.25, -0.2) is 14.6 Å². The van der Waals surface area contributed by atoms with Gasteiger partial charge >= 0.3 is 12.4 Å². The maximum atomic E-state index is 13.2. The highest BCUT2D eigenvalue weighted by Crippen LogP contribution is 2.39. The largest absolute Gasteiger partial charge is 0.451 e. The number of fused-ring (bicyclic) bond motifs is 1. The lowest BCUT2D eigenvalue weighted by Crippen LogP contribution is -2.17. The number of nitrogens with zero attached hydrogens (tertiary/aromatic N) is 4. The molecule has 3 rings (SSSR count). The number of nitrogens with two attached hydrogens (primary N) is 1. The van der Waals surface area contributed by atoms with Crippen LogP contribution < -0.4 is 5.73 Å². The van der Waals surface area contributed by atoms with Crippen molar-refractivity contribution in [3.63, 3.8) is 0 Å². The SMILES string of the molecule is Nc1c2c(C(F)(F)F)nc(C(F)(F)F)nc2nn1-c1ccccc1Cl. The Bertz CT molecular complexity index is 962. The van der Waals surface area contributed by atoms with E-state index in [4.69, 9.17) is 17.3 Å². The third kappa shape index (κ3) is 2.95. The van der Waals surface area contributed by atoms with Gasteiger partial charge in [-0.05, 0) is 12.1 Å². The number of aromatic nitrogens is 4. The maximum Gasteiger partial charge on any atom is 0.451 e. The van der Waals surface area contributed by atoms with Gasteiger partial charge in [-0.1, -0.05) is 23.7 Å². The van der Waals surface area contributed by atoms with E-state index < -0.39 is 40.7 Å². The number of rotatable bonds is 1. The molecule has 12 heteroatoms. The molecule has 0 spiro atoms. The lowest BCUT2D eigenvalue weighted by molar-refractivity contribution is -0.151. The first-order chi connectivity index (χ1) is 11.5. The number of halogens is 7. The summed E-state index contributed by atoms with van der Waals surface area (Å²) in [5, 5.41) is 2.90. The number of para-hydroxylation sites is 1. The molecule has 1 aromatic carbocycles. The normalized spacial score (nSPS) is 12.8. The molecule has 0 aliphatic carbocycles. The Kier molecular flexibility index (Phi) is 3.78. The number of benzene rings is 1. The predicted octanol–water partition coefficient (Wildman–Crippen LogP) is 4.09. The van der Waals surface area contributed by atoms with Crippen LogP contribution in [0.4, 0.5) is 32.2 Å². The molecule has 2 heterocycles. The zero-order valence-electron chi connectivity index (χ0n) is 11.8. The molecule has 2 aromatic heterocycles. The topological polar surface area (TPSA) is 69.6 Å². The first kappa shape index (κ1) is 17.3. The van der Waals surface area contributed by atoms with Crippen molar-refractivity contribution in [2.75, 3.05) is 5.73 Å². The van der Waals surface area contributed by atoms with Crippen LogP contribution in [-0.2, 0) is 12.4 Å². The first-order valence-electron chi connectivity index (χ1n) is 6.45. The summed E-state index contributed by atoms with van der Waals surface area (Å²) in [4.78, 5) is 5.67. The monoisotopic (exact) mass is 381 g/mol. The molecule has 0 saturated carbocycles. The van der Waals surface area contributed by atoms with E-state index in [0.717, 1.165) is 4.68 Å². The second-order valence-electron chi connectivity index (χ2n) is 4.84. The maximum absolute atomic E-state index is 13.2. The van der Waals surface area contributed by atoms with E-state index in [1.165, 1.54) is 18.2 Å². The zero-order valence-corrected chi connectivity index (χ0v) is 12.6. The highest BCUT2D eigenvalue weighted by molar-refractivity contribution is 6.32. The fourth-order valence-corrected chi connectivity index (χ4v) is 2.37. The summed E-state index contributed by atoms with van der Waals surface area (Å²) in [6, 6.07) is 5.86. The molecule has 0 bridgehead atoms. The third-order valence-corrected chi connectivity index (χ3v) is 3.49. The summed E-state index contributed by atoms with van der Waals surface area (Å²) in [5.74, 6) is -2.54. The lowest BCUT2D eigenvalue weighted by Gasteiger charge is -2.10. The zero-order chi connectivity index (χ0) is 18.6. The molecule has 25 heavy (non-hydrogen) atoms. The number of hydrogen-bond acceptors (Lipinski definition) is 4. The van der Waals surface area contributed by atoms with Crippen LogP contribution in [0.15, 0.2) is 24.3 Å². The summed E-state index contributed by atoms with van der Waals surface area (Å²) in [5.41, 5.74) is 3.10. The summed E-state index contributed by atoms with van der Waals surface area (Å²) in [6.07, 6.45) is -10.4. The molecular formula is C13H6ClF6N5. The van der Waals surface area contributed by atoms with Crippen molar-refractivity contribution in [1.82, 2.24) is 19.7 Å². The van der Waals surface area contributed by atoms with Crippen LogP contribution >= 0.6 is 11.6 Å². The van der Waals surface area contributed by atoms with Gasteiger partial charge in [-0.3, -0.25) is 0 Å². The van der Waals surface area contributed by atoms with E-state index in [9.17, 15) is 26.3 Å². The van der Waals surface area contributed by atoms with Gasteiger partial charge in [0.2, 0.25) is 5.82 Å². The van der Waals surface area contributed by atoms with E-state index in [1.54, 1.807) is 6.07 Å². The van der Waals surface area contributed by atoms with E-state index >= 15 is 0 Å². The molecule has 132 valence electrons. The van der Waals surface area contributed by atoms with Gasteiger partial charge in [-0.15, -0.1) is 5.10 Å². The molecule has 0 fully saturated rings. The van der Waals surface area contributed by atoms with Crippen LogP contribution in [0, 0.1) is 0 Å². The molecule has 2 N–H and O–H groups in total. The average molecular weight is 382 g/mol. The fourth-order valence-electron chi connectivity index (χ4n) is 2.15. The molecule has 0 saturated heterocycles. The Labute approximate surface area is 140 Å². The Hall–Kier alpha value is -2.56. The minimum absolute atomic E-state index is 0.0829. The lowest BCUT2D eigenvalue weighted by atomic mass is 10.2. The van der Waals surface area contributed by atoms with E-state index in [0.29, 0.717) is 0 Å². The van der Waals surface area contributed by atoms with Crippen molar-refractivity contribution in [1.29, 1.82) is 0 Å². The van der Waals surface area contributed by atoms with Crippen LogP contribution in [-0.4, -0.2) is 19.7 Å². The van der Waals surface area contributed by atoms with Gasteiger partial charge in [0.1, 0.15) is 5.82 Å². The molecule has 5 nitrogen and oxygen atoms in total. The standard InChI is InChI=1S/C13H6ClF6N5/c14-5-3-1-2-4-6(5)25-9(21)7-8(12(15,16)17)22-11(13(18,19)20)23-10(7)24-25/h1-4H,21H2. The van der Waals surface area contributed by atoms with Crippen LogP contribution in [0.3, 0.4) is 0 Å². The van der Waals surface area contributed by atoms with Crippen molar-refractivity contribution in [3.05, 3.63) is 40.8 Å². The smallest absolute Gasteiger partial charge is 0.383 e. The average Bonchev–Trinajstić information content (AvgIpc) is 2.82. The highest BCUT2D eigenvalue weighted by atomic mass is 35.5. The highest BCUT2D eigenvalue weighted by Gasteiger charge is 2.43. The molecule has 0 unspecified atom stereocenters. The van der Waals surface area contributed by atoms with Crippen molar-refractivity contribution in [3.8, 4) is 5.69 Å². The summed E-state index contributed by atoms with van der Waals surface area (Å²) in [7, 11) is 0. The first-order valence-corrected chi connectivity index (χ1v) is 6.83. The van der Waals surface area contributed by atoms with Crippen molar-refractivity contribution >= 4 is 28.5 Å². The summed E-state index contributed by atoms with van der Waals surface area (Å²) in [6.45, 7) is 0. The van der Waals surface area contributed by atoms with Gasteiger partial charge in [0.15, 0.2) is 11.3 Å². The van der Waals surface area contributed by atoms with E-state index in [2.05, 4.69) is 15.1 Å². The fraction of sp³-hybridized carbons (Fsp3) is 0.154. The number of anilines is 1. The third-order valence-electron chi connectivity index (χ3n) is 3.17.